The predicted octanol–water partition coefficient (Wildman–Crippen LogP) is 1.99. The normalized spacial score (nSPS) is 20.8. The summed E-state index contributed by atoms with van der Waals surface area (Å²) in [6, 6.07) is 0.166. The lowest BCUT2D eigenvalue weighted by molar-refractivity contribution is -0.128. The van der Waals surface area contributed by atoms with Gasteiger partial charge in [0, 0.05) is 6.04 Å². The van der Waals surface area contributed by atoms with Gasteiger partial charge in [-0.1, -0.05) is 38.9 Å². The van der Waals surface area contributed by atoms with Gasteiger partial charge in [-0.2, -0.15) is 0 Å². The zero-order valence-electron chi connectivity index (χ0n) is 10.4. The molecule has 0 bridgehead atoms. The molecule has 0 aromatic heterocycles. The smallest absolute Gasteiger partial charge is 0.233 e. The Morgan fingerprint density at radius 3 is 2.19 bits per heavy atom. The maximum Gasteiger partial charge on any atom is 0.233 e. The first-order valence-corrected chi connectivity index (χ1v) is 6.42. The molecule has 0 heterocycles. The third-order valence-corrected chi connectivity index (χ3v) is 4.11. The van der Waals surface area contributed by atoms with Gasteiger partial charge in [0.05, 0.1) is 10.4 Å². The summed E-state index contributed by atoms with van der Waals surface area (Å²) in [5, 5.41) is 3.04. The molecule has 16 heavy (non-hydrogen) atoms. The molecule has 1 atom stereocenters. The molecular weight excluding hydrogens is 220 g/mol. The predicted molar refractivity (Wildman–Crippen MR) is 70.1 cm³/mol. The summed E-state index contributed by atoms with van der Waals surface area (Å²) in [4.78, 5) is 12.6. The van der Waals surface area contributed by atoms with Gasteiger partial charge in [0.25, 0.3) is 0 Å². The van der Waals surface area contributed by atoms with Gasteiger partial charge in [-0.15, -0.1) is 0 Å². The fraction of sp³-hybridized carbons (Fsp3) is 0.833. The summed E-state index contributed by atoms with van der Waals surface area (Å²) < 4.78 is 0. The number of carbonyl (C=O) groups is 1. The van der Waals surface area contributed by atoms with Crippen LogP contribution < -0.4 is 11.1 Å². The molecule has 0 spiro atoms. The van der Waals surface area contributed by atoms with Crippen LogP contribution in [0.15, 0.2) is 0 Å². The van der Waals surface area contributed by atoms with Gasteiger partial charge in [-0.05, 0) is 25.7 Å². The zero-order valence-corrected chi connectivity index (χ0v) is 11.2. The Kier molecular flexibility index (Phi) is 4.30. The number of nitrogens with one attached hydrogen (secondary N) is 1. The molecule has 3 N–H and O–H groups in total. The van der Waals surface area contributed by atoms with Gasteiger partial charge in [0.1, 0.15) is 0 Å². The summed E-state index contributed by atoms with van der Waals surface area (Å²) in [5.41, 5.74) is 5.19. The molecule has 1 saturated carbocycles. The number of rotatable bonds is 4. The summed E-state index contributed by atoms with van der Waals surface area (Å²) >= 11 is 5.08. The second-order valence-corrected chi connectivity index (χ2v) is 5.60. The Bertz CT molecular complexity index is 283. The van der Waals surface area contributed by atoms with Gasteiger partial charge in [-0.25, -0.2) is 0 Å². The van der Waals surface area contributed by atoms with Crippen LogP contribution in [0.25, 0.3) is 0 Å². The molecule has 0 aliphatic heterocycles. The molecule has 92 valence electrons. The molecule has 4 heteroatoms. The van der Waals surface area contributed by atoms with Crippen molar-refractivity contribution in [1.29, 1.82) is 0 Å². The Morgan fingerprint density at radius 2 is 1.81 bits per heavy atom. The van der Waals surface area contributed by atoms with Crippen LogP contribution in [0, 0.1) is 11.3 Å². The fourth-order valence-electron chi connectivity index (χ4n) is 2.08. The highest BCUT2D eigenvalue weighted by atomic mass is 32.1. The number of nitrogens with two attached hydrogens (primary N) is 1. The number of hydrogen-bond donors (Lipinski definition) is 2. The van der Waals surface area contributed by atoms with Crippen molar-refractivity contribution in [3.05, 3.63) is 0 Å². The SMILES string of the molecule is CC(C)C(C)NC(=O)C1(C(N)=S)CCCC1. The van der Waals surface area contributed by atoms with E-state index >= 15 is 0 Å². The van der Waals surface area contributed by atoms with Crippen LogP contribution >= 0.6 is 12.2 Å². The van der Waals surface area contributed by atoms with Crippen molar-refractivity contribution in [1.82, 2.24) is 5.32 Å². The van der Waals surface area contributed by atoms with E-state index in [0.29, 0.717) is 10.9 Å². The first-order chi connectivity index (χ1) is 7.40. The van der Waals surface area contributed by atoms with E-state index in [1.165, 1.54) is 0 Å². The Morgan fingerprint density at radius 1 is 1.31 bits per heavy atom. The maximum absolute atomic E-state index is 12.2. The van der Waals surface area contributed by atoms with Gasteiger partial charge >= 0.3 is 0 Å². The molecule has 1 rings (SSSR count). The average Bonchev–Trinajstić information content (AvgIpc) is 2.66. The number of carbonyl (C=O) groups excluding carboxylic acids is 1. The standard InChI is InChI=1S/C12H22N2OS/c1-8(2)9(3)14-11(15)12(10(13)16)6-4-5-7-12/h8-9H,4-7H2,1-3H3,(H2,13,16)(H,14,15). The van der Waals surface area contributed by atoms with Gasteiger partial charge in [0.2, 0.25) is 5.91 Å². The van der Waals surface area contributed by atoms with Crippen molar-refractivity contribution in [2.24, 2.45) is 17.1 Å². The van der Waals surface area contributed by atoms with E-state index in [1.54, 1.807) is 0 Å². The highest BCUT2D eigenvalue weighted by molar-refractivity contribution is 7.80. The van der Waals surface area contributed by atoms with E-state index in [4.69, 9.17) is 18.0 Å². The lowest BCUT2D eigenvalue weighted by Crippen LogP contribution is -2.50. The fourth-order valence-corrected chi connectivity index (χ4v) is 2.37. The van der Waals surface area contributed by atoms with E-state index in [9.17, 15) is 4.79 Å². The molecule has 0 aromatic rings. The first kappa shape index (κ1) is 13.4. The Balaban J connectivity index is 2.73. The minimum absolute atomic E-state index is 0.0266. The van der Waals surface area contributed by atoms with Crippen molar-refractivity contribution in [3.8, 4) is 0 Å². The average molecular weight is 242 g/mol. The number of amides is 1. The minimum atomic E-state index is -0.571. The Hall–Kier alpha value is -0.640. The molecule has 1 aliphatic carbocycles. The summed E-state index contributed by atoms with van der Waals surface area (Å²) in [6.07, 6.45) is 3.69. The van der Waals surface area contributed by atoms with E-state index in [2.05, 4.69) is 19.2 Å². The molecule has 1 amide bonds. The molecule has 0 saturated heterocycles. The summed E-state index contributed by atoms with van der Waals surface area (Å²) in [6.45, 7) is 6.20. The molecule has 0 radical (unpaired) electrons. The third kappa shape index (κ3) is 2.54. The van der Waals surface area contributed by atoms with E-state index in [0.717, 1.165) is 25.7 Å². The lowest BCUT2D eigenvalue weighted by atomic mass is 9.84. The van der Waals surface area contributed by atoms with Gasteiger partial charge < -0.3 is 11.1 Å². The van der Waals surface area contributed by atoms with Crippen LogP contribution in [0.5, 0.6) is 0 Å². The maximum atomic E-state index is 12.2. The van der Waals surface area contributed by atoms with Crippen LogP contribution in [-0.2, 0) is 4.79 Å². The van der Waals surface area contributed by atoms with Crippen molar-refractivity contribution >= 4 is 23.1 Å². The summed E-state index contributed by atoms with van der Waals surface area (Å²) in [7, 11) is 0. The molecule has 1 unspecified atom stereocenters. The lowest BCUT2D eigenvalue weighted by Gasteiger charge is -2.29. The molecular formula is C12H22N2OS. The van der Waals surface area contributed by atoms with Gasteiger partial charge in [-0.3, -0.25) is 4.79 Å². The van der Waals surface area contributed by atoms with Crippen molar-refractivity contribution in [2.45, 2.75) is 52.5 Å². The van der Waals surface area contributed by atoms with E-state index in [-0.39, 0.29) is 11.9 Å². The first-order valence-electron chi connectivity index (χ1n) is 6.01. The van der Waals surface area contributed by atoms with E-state index in [1.807, 2.05) is 6.92 Å². The highest BCUT2D eigenvalue weighted by Gasteiger charge is 2.44. The highest BCUT2D eigenvalue weighted by Crippen LogP contribution is 2.38. The molecule has 1 aliphatic rings. The van der Waals surface area contributed by atoms with E-state index < -0.39 is 5.41 Å². The Labute approximate surface area is 103 Å². The largest absolute Gasteiger partial charge is 0.392 e. The van der Waals surface area contributed by atoms with Crippen LogP contribution in [0.4, 0.5) is 0 Å². The van der Waals surface area contributed by atoms with Crippen LogP contribution in [0.2, 0.25) is 0 Å². The quantitative estimate of drug-likeness (QED) is 0.741. The summed E-state index contributed by atoms with van der Waals surface area (Å²) in [5.74, 6) is 0.451. The van der Waals surface area contributed by atoms with Crippen LogP contribution in [-0.4, -0.2) is 16.9 Å². The molecule has 1 fully saturated rings. The second kappa shape index (κ2) is 5.13. The zero-order chi connectivity index (χ0) is 12.3. The molecule has 0 aromatic carbocycles. The number of hydrogen-bond acceptors (Lipinski definition) is 2. The number of thiocarbonyl (C=S) groups is 1. The monoisotopic (exact) mass is 242 g/mol. The topological polar surface area (TPSA) is 55.1 Å². The van der Waals surface area contributed by atoms with Crippen molar-refractivity contribution in [3.63, 3.8) is 0 Å². The minimum Gasteiger partial charge on any atom is -0.392 e. The van der Waals surface area contributed by atoms with Crippen molar-refractivity contribution in [2.75, 3.05) is 0 Å². The van der Waals surface area contributed by atoms with Gasteiger partial charge in [0.15, 0.2) is 0 Å². The van der Waals surface area contributed by atoms with Crippen LogP contribution in [0.1, 0.15) is 46.5 Å². The molecule has 3 nitrogen and oxygen atoms in total. The second-order valence-electron chi connectivity index (χ2n) is 5.16. The van der Waals surface area contributed by atoms with Crippen molar-refractivity contribution < 1.29 is 4.79 Å². The third-order valence-electron chi connectivity index (χ3n) is 3.72. The van der Waals surface area contributed by atoms with Crippen LogP contribution in [0.3, 0.4) is 0 Å².